The van der Waals surface area contributed by atoms with Crippen LogP contribution in [0.15, 0.2) is 52.9 Å². The van der Waals surface area contributed by atoms with Crippen LogP contribution < -0.4 is 0 Å². The minimum atomic E-state index is -4.62. The molecule has 0 aliphatic heterocycles. The van der Waals surface area contributed by atoms with Crippen LogP contribution in [-0.2, 0) is 32.3 Å². The van der Waals surface area contributed by atoms with Crippen LogP contribution in [0.25, 0.3) is 21.1 Å². The first-order chi connectivity index (χ1) is 15.3. The van der Waals surface area contributed by atoms with Crippen LogP contribution in [-0.4, -0.2) is 34.1 Å². The van der Waals surface area contributed by atoms with Gasteiger partial charge < -0.3 is 9.84 Å². The van der Waals surface area contributed by atoms with Crippen molar-refractivity contribution in [2.24, 2.45) is 0 Å². The standard InChI is InChI=1S/C21H17F3N2O5S2/c1-20(2,19(27)28)31-10-14-8-12-7-13(21(22,23)24)3-6-17(12)26(14)33(29,30)15-4-5-16-18(9-15)32-11-25-16/h3-9,11H,10H2,1-2H3,(H,27,28). The Hall–Kier alpha value is -2.96. The molecule has 2 aromatic heterocycles. The van der Waals surface area contributed by atoms with E-state index in [0.717, 1.165) is 22.2 Å². The Morgan fingerprint density at radius 3 is 2.55 bits per heavy atom. The number of benzene rings is 2. The first-order valence-corrected chi connectivity index (χ1v) is 11.8. The molecule has 0 bridgehead atoms. The van der Waals surface area contributed by atoms with Crippen molar-refractivity contribution in [2.75, 3.05) is 0 Å². The second-order valence-corrected chi connectivity index (χ2v) is 10.4. The number of hydrogen-bond donors (Lipinski definition) is 1. The summed E-state index contributed by atoms with van der Waals surface area (Å²) in [6.45, 7) is 2.12. The molecule has 7 nitrogen and oxygen atoms in total. The third-order valence-corrected chi connectivity index (χ3v) is 7.65. The van der Waals surface area contributed by atoms with Crippen molar-refractivity contribution >= 4 is 48.4 Å². The van der Waals surface area contributed by atoms with E-state index in [2.05, 4.69) is 4.98 Å². The summed E-state index contributed by atoms with van der Waals surface area (Å²) in [5, 5.41) is 9.32. The molecule has 4 aromatic rings. The van der Waals surface area contributed by atoms with Crippen molar-refractivity contribution in [1.82, 2.24) is 8.96 Å². The summed E-state index contributed by atoms with van der Waals surface area (Å²) in [6.07, 6.45) is -4.62. The lowest BCUT2D eigenvalue weighted by atomic mass is 10.1. The first-order valence-electron chi connectivity index (χ1n) is 9.48. The quantitative estimate of drug-likeness (QED) is 0.407. The maximum atomic E-state index is 13.6. The van der Waals surface area contributed by atoms with E-state index < -0.39 is 39.9 Å². The summed E-state index contributed by atoms with van der Waals surface area (Å²) < 4.78 is 73.7. The number of hydrogen-bond acceptors (Lipinski definition) is 6. The van der Waals surface area contributed by atoms with Gasteiger partial charge in [-0.3, -0.25) is 0 Å². The molecule has 0 amide bonds. The van der Waals surface area contributed by atoms with Crippen LogP contribution >= 0.6 is 11.3 Å². The second-order valence-electron chi connectivity index (χ2n) is 7.76. The van der Waals surface area contributed by atoms with Crippen molar-refractivity contribution in [2.45, 2.75) is 37.1 Å². The molecule has 0 aliphatic carbocycles. The Bertz CT molecular complexity index is 1490. The highest BCUT2D eigenvalue weighted by atomic mass is 32.2. The number of aromatic nitrogens is 2. The molecule has 1 N–H and O–H groups in total. The van der Waals surface area contributed by atoms with Crippen LogP contribution in [0.2, 0.25) is 0 Å². The molecule has 0 aliphatic rings. The zero-order valence-corrected chi connectivity index (χ0v) is 18.9. The van der Waals surface area contributed by atoms with E-state index >= 15 is 0 Å². The number of rotatable bonds is 6. The highest BCUT2D eigenvalue weighted by molar-refractivity contribution is 7.90. The fourth-order valence-electron chi connectivity index (χ4n) is 3.23. The number of carboxylic acid groups (broad SMARTS) is 1. The molecule has 0 fully saturated rings. The topological polar surface area (TPSA) is 98.5 Å². The molecule has 2 aromatic carbocycles. The number of fused-ring (bicyclic) bond motifs is 2. The summed E-state index contributed by atoms with van der Waals surface area (Å²) in [7, 11) is -4.27. The van der Waals surface area contributed by atoms with Gasteiger partial charge in [0, 0.05) is 5.39 Å². The van der Waals surface area contributed by atoms with Gasteiger partial charge in [-0.1, -0.05) is 0 Å². The average Bonchev–Trinajstić information content (AvgIpc) is 3.34. The van der Waals surface area contributed by atoms with Crippen LogP contribution in [0, 0.1) is 0 Å². The van der Waals surface area contributed by atoms with Crippen molar-refractivity contribution in [1.29, 1.82) is 0 Å². The van der Waals surface area contributed by atoms with E-state index in [1.807, 2.05) is 0 Å². The molecule has 0 saturated carbocycles. The Labute approximate surface area is 190 Å². The summed E-state index contributed by atoms with van der Waals surface area (Å²) >= 11 is 1.24. The van der Waals surface area contributed by atoms with E-state index in [-0.39, 0.29) is 21.5 Å². The number of aliphatic carboxylic acids is 1. The predicted molar refractivity (Wildman–Crippen MR) is 116 cm³/mol. The molecule has 2 heterocycles. The molecular formula is C21H17F3N2O5S2. The Balaban J connectivity index is 1.90. The Kier molecular flexibility index (Phi) is 5.50. The van der Waals surface area contributed by atoms with Gasteiger partial charge in [0.25, 0.3) is 10.0 Å². The fourth-order valence-corrected chi connectivity index (χ4v) is 5.57. The number of ether oxygens (including phenoxy) is 1. The summed E-state index contributed by atoms with van der Waals surface area (Å²) in [4.78, 5) is 15.4. The average molecular weight is 499 g/mol. The lowest BCUT2D eigenvalue weighted by Gasteiger charge is -2.21. The Morgan fingerprint density at radius 2 is 1.88 bits per heavy atom. The maximum Gasteiger partial charge on any atom is 0.416 e. The molecule has 12 heteroatoms. The van der Waals surface area contributed by atoms with Gasteiger partial charge in [0.2, 0.25) is 0 Å². The molecule has 0 saturated heterocycles. The molecule has 0 atom stereocenters. The monoisotopic (exact) mass is 498 g/mol. The van der Waals surface area contributed by atoms with Crippen molar-refractivity contribution < 1.29 is 36.2 Å². The van der Waals surface area contributed by atoms with Gasteiger partial charge in [-0.2, -0.15) is 13.2 Å². The van der Waals surface area contributed by atoms with Gasteiger partial charge in [0.1, 0.15) is 0 Å². The van der Waals surface area contributed by atoms with Gasteiger partial charge in [0.15, 0.2) is 5.60 Å². The lowest BCUT2D eigenvalue weighted by Crippen LogP contribution is -2.34. The summed E-state index contributed by atoms with van der Waals surface area (Å²) in [5.74, 6) is -1.27. The zero-order chi connectivity index (χ0) is 24.2. The second kappa shape index (κ2) is 7.82. The van der Waals surface area contributed by atoms with Crippen LogP contribution in [0.1, 0.15) is 25.1 Å². The SMILES string of the molecule is CC(C)(OCc1cc2cc(C(F)(F)F)ccc2n1S(=O)(=O)c1ccc2ncsc2c1)C(=O)O. The lowest BCUT2D eigenvalue weighted by molar-refractivity contribution is -0.162. The highest BCUT2D eigenvalue weighted by Crippen LogP contribution is 2.34. The first kappa shape index (κ1) is 23.2. The molecule has 4 rings (SSSR count). The zero-order valence-electron chi connectivity index (χ0n) is 17.3. The third kappa shape index (κ3) is 4.21. The van der Waals surface area contributed by atoms with Crippen molar-refractivity contribution in [3.05, 3.63) is 59.2 Å². The fraction of sp³-hybridized carbons (Fsp3) is 0.238. The van der Waals surface area contributed by atoms with E-state index in [4.69, 9.17) is 4.74 Å². The van der Waals surface area contributed by atoms with Crippen LogP contribution in [0.4, 0.5) is 13.2 Å². The molecular weight excluding hydrogens is 481 g/mol. The van der Waals surface area contributed by atoms with Crippen LogP contribution in [0.5, 0.6) is 0 Å². The van der Waals surface area contributed by atoms with Gasteiger partial charge in [-0.25, -0.2) is 22.2 Å². The minimum Gasteiger partial charge on any atom is -0.479 e. The summed E-state index contributed by atoms with van der Waals surface area (Å²) in [6, 6.07) is 8.31. The number of halogens is 3. The number of thiazole rings is 1. The molecule has 0 spiro atoms. The predicted octanol–water partition coefficient (Wildman–Crippen LogP) is 4.89. The van der Waals surface area contributed by atoms with Crippen LogP contribution in [0.3, 0.4) is 0 Å². The molecule has 33 heavy (non-hydrogen) atoms. The number of alkyl halides is 3. The normalized spacial score (nSPS) is 13.1. The highest BCUT2D eigenvalue weighted by Gasteiger charge is 2.33. The largest absolute Gasteiger partial charge is 0.479 e. The van der Waals surface area contributed by atoms with Gasteiger partial charge >= 0.3 is 12.1 Å². The van der Waals surface area contributed by atoms with E-state index in [1.54, 1.807) is 5.51 Å². The minimum absolute atomic E-state index is 0.0111. The number of nitrogens with zero attached hydrogens (tertiary/aromatic N) is 2. The molecule has 174 valence electrons. The summed E-state index contributed by atoms with van der Waals surface area (Å²) in [5.41, 5.74) is -0.407. The maximum absolute atomic E-state index is 13.6. The van der Waals surface area contributed by atoms with E-state index in [1.165, 1.54) is 49.4 Å². The number of carbonyl (C=O) groups is 1. The van der Waals surface area contributed by atoms with E-state index in [0.29, 0.717) is 10.2 Å². The molecule has 0 unspecified atom stereocenters. The Morgan fingerprint density at radius 1 is 1.15 bits per heavy atom. The van der Waals surface area contributed by atoms with Gasteiger partial charge in [-0.15, -0.1) is 11.3 Å². The van der Waals surface area contributed by atoms with Crippen molar-refractivity contribution in [3.8, 4) is 0 Å². The smallest absolute Gasteiger partial charge is 0.416 e. The van der Waals surface area contributed by atoms with Crippen molar-refractivity contribution in [3.63, 3.8) is 0 Å². The van der Waals surface area contributed by atoms with Gasteiger partial charge in [0.05, 0.1) is 44.0 Å². The van der Waals surface area contributed by atoms with Gasteiger partial charge in [-0.05, 0) is 56.3 Å². The number of carboxylic acids is 1. The third-order valence-electron chi connectivity index (χ3n) is 5.09. The molecule has 0 radical (unpaired) electrons. The van der Waals surface area contributed by atoms with E-state index in [9.17, 15) is 31.5 Å².